The standard InChI is InChI=1S/C22H29NO2/c1-4-14-6-8-19-16-7-5-13-11-18(21(23)24)20(25-3)12-17(13)15(16)9-10-22(14,19)2/h4,11-12,15-16,19H,5-10H2,1-3H3,(H2,23,24)/t15?,16?,19?,22-/m1/s1. The number of rotatable bonds is 2. The lowest BCUT2D eigenvalue weighted by molar-refractivity contribution is 0.0812. The van der Waals surface area contributed by atoms with E-state index in [4.69, 9.17) is 10.5 Å². The van der Waals surface area contributed by atoms with Crippen LogP contribution in [0.5, 0.6) is 5.75 Å². The lowest BCUT2D eigenvalue weighted by Crippen LogP contribution is -2.40. The normalized spacial score (nSPS) is 35.0. The van der Waals surface area contributed by atoms with Crippen molar-refractivity contribution in [1.82, 2.24) is 0 Å². The van der Waals surface area contributed by atoms with Gasteiger partial charge in [0.1, 0.15) is 5.75 Å². The zero-order valence-electron chi connectivity index (χ0n) is 15.6. The molecule has 0 heterocycles. The van der Waals surface area contributed by atoms with Crippen LogP contribution in [0.15, 0.2) is 23.8 Å². The van der Waals surface area contributed by atoms with Gasteiger partial charge in [0.2, 0.25) is 0 Å². The number of carbonyl (C=O) groups is 1. The van der Waals surface area contributed by atoms with Crippen molar-refractivity contribution in [1.29, 1.82) is 0 Å². The monoisotopic (exact) mass is 339 g/mol. The maximum absolute atomic E-state index is 11.7. The molecule has 2 N–H and O–H groups in total. The van der Waals surface area contributed by atoms with E-state index in [-0.39, 0.29) is 0 Å². The number of hydrogen-bond acceptors (Lipinski definition) is 2. The van der Waals surface area contributed by atoms with Crippen molar-refractivity contribution in [2.75, 3.05) is 7.11 Å². The number of primary amides is 1. The predicted molar refractivity (Wildman–Crippen MR) is 99.9 cm³/mol. The second-order valence-electron chi connectivity index (χ2n) is 8.34. The van der Waals surface area contributed by atoms with E-state index in [2.05, 4.69) is 26.0 Å². The van der Waals surface area contributed by atoms with E-state index in [0.29, 0.717) is 22.6 Å². The van der Waals surface area contributed by atoms with E-state index in [1.54, 1.807) is 12.7 Å². The van der Waals surface area contributed by atoms with Crippen molar-refractivity contribution in [3.05, 3.63) is 40.5 Å². The van der Waals surface area contributed by atoms with Crippen LogP contribution in [0, 0.1) is 17.3 Å². The number of fused-ring (bicyclic) bond motifs is 5. The zero-order chi connectivity index (χ0) is 17.8. The molecule has 4 atom stereocenters. The molecule has 3 unspecified atom stereocenters. The number of benzene rings is 1. The molecule has 1 aromatic rings. The van der Waals surface area contributed by atoms with E-state index in [1.807, 2.05) is 6.07 Å². The third-order valence-corrected chi connectivity index (χ3v) is 7.51. The third-order valence-electron chi connectivity index (χ3n) is 7.51. The van der Waals surface area contributed by atoms with Gasteiger partial charge in [-0.2, -0.15) is 0 Å². The van der Waals surface area contributed by atoms with Gasteiger partial charge in [-0.1, -0.05) is 18.6 Å². The van der Waals surface area contributed by atoms with Gasteiger partial charge in [-0.25, -0.2) is 0 Å². The second kappa shape index (κ2) is 5.89. The van der Waals surface area contributed by atoms with Crippen molar-refractivity contribution in [3.8, 4) is 5.75 Å². The van der Waals surface area contributed by atoms with Gasteiger partial charge in [-0.3, -0.25) is 4.79 Å². The van der Waals surface area contributed by atoms with Crippen molar-refractivity contribution in [3.63, 3.8) is 0 Å². The molecule has 2 saturated carbocycles. The molecule has 3 aliphatic carbocycles. The SMILES string of the molecule is CC=C1CCC2C3CCc4cc(C(N)=O)c(OC)cc4C3CC[C@]12C. The fraction of sp³-hybridized carbons (Fsp3) is 0.591. The smallest absolute Gasteiger partial charge is 0.252 e. The lowest BCUT2D eigenvalue weighted by Gasteiger charge is -2.49. The molecule has 1 aromatic carbocycles. The molecule has 25 heavy (non-hydrogen) atoms. The van der Waals surface area contributed by atoms with Gasteiger partial charge >= 0.3 is 0 Å². The van der Waals surface area contributed by atoms with Crippen molar-refractivity contribution < 1.29 is 9.53 Å². The van der Waals surface area contributed by atoms with Crippen LogP contribution in [0.1, 0.15) is 73.4 Å². The summed E-state index contributed by atoms with van der Waals surface area (Å²) in [7, 11) is 1.63. The number of hydrogen-bond donors (Lipinski definition) is 1. The summed E-state index contributed by atoms with van der Waals surface area (Å²) in [5.74, 6) is 2.40. The Bertz CT molecular complexity index is 751. The summed E-state index contributed by atoms with van der Waals surface area (Å²) in [5, 5.41) is 0. The maximum Gasteiger partial charge on any atom is 0.252 e. The van der Waals surface area contributed by atoms with Gasteiger partial charge in [0, 0.05) is 0 Å². The van der Waals surface area contributed by atoms with E-state index >= 15 is 0 Å². The molecule has 3 aliphatic rings. The molecule has 1 amide bonds. The number of carbonyl (C=O) groups excluding carboxylic acids is 1. The van der Waals surface area contributed by atoms with Crippen LogP contribution < -0.4 is 10.5 Å². The third kappa shape index (κ3) is 2.35. The Morgan fingerprint density at radius 2 is 2.08 bits per heavy atom. The Labute approximate surface area is 150 Å². The molecule has 3 heteroatoms. The Kier molecular flexibility index (Phi) is 3.93. The number of methoxy groups -OCH3 is 1. The van der Waals surface area contributed by atoms with Gasteiger partial charge in [-0.05, 0) is 91.9 Å². The number of nitrogens with two attached hydrogens (primary N) is 1. The molecule has 0 bridgehead atoms. The Morgan fingerprint density at radius 3 is 2.76 bits per heavy atom. The van der Waals surface area contributed by atoms with Crippen LogP contribution in [0.25, 0.3) is 0 Å². The van der Waals surface area contributed by atoms with Gasteiger partial charge in [0.25, 0.3) is 5.91 Å². The van der Waals surface area contributed by atoms with E-state index < -0.39 is 5.91 Å². The largest absolute Gasteiger partial charge is 0.496 e. The van der Waals surface area contributed by atoms with Gasteiger partial charge in [0.05, 0.1) is 12.7 Å². The fourth-order valence-electron chi connectivity index (χ4n) is 6.28. The highest BCUT2D eigenvalue weighted by Gasteiger charge is 2.52. The number of allylic oxidation sites excluding steroid dienone is 2. The highest BCUT2D eigenvalue weighted by Crippen LogP contribution is 2.62. The fourth-order valence-corrected chi connectivity index (χ4v) is 6.28. The molecule has 0 aromatic heterocycles. The summed E-state index contributed by atoms with van der Waals surface area (Å²) in [5.41, 5.74) is 10.9. The van der Waals surface area contributed by atoms with Crippen LogP contribution in [-0.2, 0) is 6.42 Å². The second-order valence-corrected chi connectivity index (χ2v) is 8.34. The molecule has 2 fully saturated rings. The quantitative estimate of drug-likeness (QED) is 0.801. The predicted octanol–water partition coefficient (Wildman–Crippen LogP) is 4.60. The first kappa shape index (κ1) is 16.7. The maximum atomic E-state index is 11.7. The van der Waals surface area contributed by atoms with Crippen LogP contribution >= 0.6 is 0 Å². The molecule has 0 spiro atoms. The molecule has 134 valence electrons. The number of aryl methyl sites for hydroxylation is 1. The van der Waals surface area contributed by atoms with Crippen molar-refractivity contribution in [2.45, 2.75) is 58.3 Å². The van der Waals surface area contributed by atoms with E-state index in [9.17, 15) is 4.79 Å². The number of ether oxygens (including phenoxy) is 1. The first-order chi connectivity index (χ1) is 12.0. The van der Waals surface area contributed by atoms with Crippen molar-refractivity contribution >= 4 is 5.91 Å². The van der Waals surface area contributed by atoms with Crippen LogP contribution in [0.3, 0.4) is 0 Å². The van der Waals surface area contributed by atoms with Gasteiger partial charge in [-0.15, -0.1) is 0 Å². The minimum atomic E-state index is -0.397. The molecule has 0 saturated heterocycles. The Hall–Kier alpha value is -1.77. The van der Waals surface area contributed by atoms with Crippen LogP contribution in [-0.4, -0.2) is 13.0 Å². The highest BCUT2D eigenvalue weighted by atomic mass is 16.5. The molecule has 3 nitrogen and oxygen atoms in total. The van der Waals surface area contributed by atoms with Crippen LogP contribution in [0.2, 0.25) is 0 Å². The first-order valence-corrected chi connectivity index (χ1v) is 9.66. The Morgan fingerprint density at radius 1 is 1.28 bits per heavy atom. The van der Waals surface area contributed by atoms with Gasteiger partial charge < -0.3 is 10.5 Å². The summed E-state index contributed by atoms with van der Waals surface area (Å²) in [6, 6.07) is 4.10. The summed E-state index contributed by atoms with van der Waals surface area (Å²) in [6.07, 6.45) is 9.79. The average molecular weight is 339 g/mol. The molecule has 0 aliphatic heterocycles. The lowest BCUT2D eigenvalue weighted by atomic mass is 9.55. The topological polar surface area (TPSA) is 52.3 Å². The minimum absolute atomic E-state index is 0.397. The molecular formula is C22H29NO2. The molecular weight excluding hydrogens is 310 g/mol. The summed E-state index contributed by atoms with van der Waals surface area (Å²) >= 11 is 0. The highest BCUT2D eigenvalue weighted by molar-refractivity contribution is 5.96. The minimum Gasteiger partial charge on any atom is -0.496 e. The number of amides is 1. The zero-order valence-corrected chi connectivity index (χ0v) is 15.6. The summed E-state index contributed by atoms with van der Waals surface area (Å²) in [6.45, 7) is 4.71. The van der Waals surface area contributed by atoms with Gasteiger partial charge in [0.15, 0.2) is 0 Å². The van der Waals surface area contributed by atoms with Crippen LogP contribution in [0.4, 0.5) is 0 Å². The Balaban J connectivity index is 1.74. The summed E-state index contributed by atoms with van der Waals surface area (Å²) in [4.78, 5) is 11.7. The average Bonchev–Trinajstić information content (AvgIpc) is 2.96. The molecule has 4 rings (SSSR count). The van der Waals surface area contributed by atoms with E-state index in [1.165, 1.54) is 43.2 Å². The summed E-state index contributed by atoms with van der Waals surface area (Å²) < 4.78 is 5.48. The first-order valence-electron chi connectivity index (χ1n) is 9.66. The van der Waals surface area contributed by atoms with E-state index in [0.717, 1.165) is 18.3 Å². The molecule has 0 radical (unpaired) electrons. The van der Waals surface area contributed by atoms with Crippen molar-refractivity contribution in [2.24, 2.45) is 23.0 Å².